The second-order valence-electron chi connectivity index (χ2n) is 6.30. The van der Waals surface area contributed by atoms with Gasteiger partial charge in [-0.3, -0.25) is 4.79 Å². The Hall–Kier alpha value is -2.40. The number of thiophene rings is 1. The fourth-order valence-corrected chi connectivity index (χ4v) is 3.86. The summed E-state index contributed by atoms with van der Waals surface area (Å²) >= 11 is 1.61. The molecular formula is C21H23NO3S. The molecule has 1 saturated heterocycles. The van der Waals surface area contributed by atoms with E-state index in [1.165, 1.54) is 6.08 Å². The van der Waals surface area contributed by atoms with Gasteiger partial charge < -0.3 is 9.64 Å². The first-order valence-corrected chi connectivity index (χ1v) is 9.82. The Morgan fingerprint density at radius 1 is 1.00 bits per heavy atom. The van der Waals surface area contributed by atoms with Crippen LogP contribution in [0.2, 0.25) is 0 Å². The summed E-state index contributed by atoms with van der Waals surface area (Å²) in [5, 5.41) is 0. The summed E-state index contributed by atoms with van der Waals surface area (Å²) in [6.07, 6.45) is 7.51. The van der Waals surface area contributed by atoms with Gasteiger partial charge >= 0.3 is 5.97 Å². The zero-order valence-electron chi connectivity index (χ0n) is 14.7. The Kier molecular flexibility index (Phi) is 6.61. The van der Waals surface area contributed by atoms with Crippen molar-refractivity contribution >= 4 is 29.3 Å². The minimum atomic E-state index is -0.483. The molecule has 26 heavy (non-hydrogen) atoms. The van der Waals surface area contributed by atoms with Crippen molar-refractivity contribution < 1.29 is 14.3 Å². The molecule has 0 aliphatic carbocycles. The predicted molar refractivity (Wildman–Crippen MR) is 105 cm³/mol. The van der Waals surface area contributed by atoms with Crippen LogP contribution < -0.4 is 0 Å². The summed E-state index contributed by atoms with van der Waals surface area (Å²) in [5.41, 5.74) is 1.16. The van der Waals surface area contributed by atoms with Crippen molar-refractivity contribution in [3.05, 3.63) is 53.4 Å². The fourth-order valence-electron chi connectivity index (χ4n) is 2.94. The standard InChI is InChI=1S/C21H23NO3S/c23-20(22-14-6-1-2-7-15-22)16-25-21(24)13-11-18-10-12-19(26-18)17-8-4-3-5-9-17/h3-5,8-13H,1-2,6-7,14-16H2/b13-11+. The van der Waals surface area contributed by atoms with Crippen molar-refractivity contribution in [3.63, 3.8) is 0 Å². The second kappa shape index (κ2) is 9.34. The normalized spacial score (nSPS) is 15.0. The van der Waals surface area contributed by atoms with Crippen LogP contribution in [0.4, 0.5) is 0 Å². The molecule has 0 N–H and O–H groups in total. The van der Waals surface area contributed by atoms with Crippen LogP contribution in [-0.4, -0.2) is 36.5 Å². The summed E-state index contributed by atoms with van der Waals surface area (Å²) < 4.78 is 5.10. The molecule has 0 saturated carbocycles. The molecule has 2 heterocycles. The summed E-state index contributed by atoms with van der Waals surface area (Å²) in [4.78, 5) is 27.9. The zero-order valence-corrected chi connectivity index (χ0v) is 15.5. The van der Waals surface area contributed by atoms with E-state index >= 15 is 0 Å². The number of carbonyl (C=O) groups is 2. The Morgan fingerprint density at radius 2 is 1.73 bits per heavy atom. The lowest BCUT2D eigenvalue weighted by molar-refractivity contribution is -0.148. The Balaban J connectivity index is 1.48. The maximum atomic E-state index is 12.1. The van der Waals surface area contributed by atoms with Gasteiger partial charge in [-0.1, -0.05) is 43.2 Å². The van der Waals surface area contributed by atoms with Crippen LogP contribution in [0, 0.1) is 0 Å². The number of nitrogens with zero attached hydrogens (tertiary/aromatic N) is 1. The molecule has 1 aliphatic heterocycles. The number of esters is 1. The van der Waals surface area contributed by atoms with E-state index < -0.39 is 5.97 Å². The van der Waals surface area contributed by atoms with Gasteiger partial charge in [-0.2, -0.15) is 0 Å². The van der Waals surface area contributed by atoms with Crippen molar-refractivity contribution in [1.29, 1.82) is 0 Å². The number of hydrogen-bond donors (Lipinski definition) is 0. The van der Waals surface area contributed by atoms with Crippen molar-refractivity contribution in [2.75, 3.05) is 19.7 Å². The van der Waals surface area contributed by atoms with Crippen molar-refractivity contribution in [2.24, 2.45) is 0 Å². The average molecular weight is 369 g/mol. The Morgan fingerprint density at radius 3 is 2.46 bits per heavy atom. The third kappa shape index (κ3) is 5.30. The fraction of sp³-hybridized carbons (Fsp3) is 0.333. The van der Waals surface area contributed by atoms with Crippen LogP contribution in [0.3, 0.4) is 0 Å². The number of hydrogen-bond acceptors (Lipinski definition) is 4. The van der Waals surface area contributed by atoms with E-state index in [4.69, 9.17) is 4.74 Å². The molecule has 3 rings (SSSR count). The lowest BCUT2D eigenvalue weighted by Crippen LogP contribution is -2.35. The quantitative estimate of drug-likeness (QED) is 0.581. The molecule has 136 valence electrons. The maximum Gasteiger partial charge on any atom is 0.331 e. The molecule has 0 radical (unpaired) electrons. The lowest BCUT2D eigenvalue weighted by Gasteiger charge is -2.19. The zero-order chi connectivity index (χ0) is 18.2. The van der Waals surface area contributed by atoms with E-state index in [0.717, 1.165) is 54.1 Å². The summed E-state index contributed by atoms with van der Waals surface area (Å²) in [5.74, 6) is -0.584. The Labute approximate surface area is 158 Å². The van der Waals surface area contributed by atoms with Crippen LogP contribution in [0.5, 0.6) is 0 Å². The van der Waals surface area contributed by atoms with Crippen LogP contribution >= 0.6 is 11.3 Å². The molecule has 4 nitrogen and oxygen atoms in total. The summed E-state index contributed by atoms with van der Waals surface area (Å²) in [6, 6.07) is 14.1. The highest BCUT2D eigenvalue weighted by Crippen LogP contribution is 2.28. The number of rotatable bonds is 5. The van der Waals surface area contributed by atoms with Gasteiger partial charge in [-0.05, 0) is 36.6 Å². The highest BCUT2D eigenvalue weighted by molar-refractivity contribution is 7.16. The van der Waals surface area contributed by atoms with Gasteiger partial charge in [-0.25, -0.2) is 4.79 Å². The number of likely N-dealkylation sites (tertiary alicyclic amines) is 1. The van der Waals surface area contributed by atoms with E-state index in [1.807, 2.05) is 30.3 Å². The SMILES string of the molecule is O=C(/C=C/c1ccc(-c2ccccc2)s1)OCC(=O)N1CCCCCC1. The minimum Gasteiger partial charge on any atom is -0.452 e. The first kappa shape index (κ1) is 18.4. The van der Waals surface area contributed by atoms with Crippen LogP contribution in [0.25, 0.3) is 16.5 Å². The number of benzene rings is 1. The topological polar surface area (TPSA) is 46.6 Å². The molecule has 0 bridgehead atoms. The van der Waals surface area contributed by atoms with Crippen LogP contribution in [0.1, 0.15) is 30.6 Å². The van der Waals surface area contributed by atoms with E-state index in [9.17, 15) is 9.59 Å². The van der Waals surface area contributed by atoms with Crippen molar-refractivity contribution in [2.45, 2.75) is 25.7 Å². The predicted octanol–water partition coefficient (Wildman–Crippen LogP) is 4.37. The lowest BCUT2D eigenvalue weighted by atomic mass is 10.2. The molecule has 1 aliphatic rings. The van der Waals surface area contributed by atoms with Gasteiger partial charge in [0.25, 0.3) is 5.91 Å². The number of ether oxygens (including phenoxy) is 1. The molecule has 1 fully saturated rings. The van der Waals surface area contributed by atoms with Gasteiger partial charge in [0.15, 0.2) is 6.61 Å². The molecule has 2 aromatic rings. The third-order valence-electron chi connectivity index (χ3n) is 4.37. The molecule has 1 aromatic heterocycles. The van der Waals surface area contributed by atoms with Gasteiger partial charge in [-0.15, -0.1) is 11.3 Å². The highest BCUT2D eigenvalue weighted by Gasteiger charge is 2.16. The second-order valence-corrected chi connectivity index (χ2v) is 7.42. The molecule has 1 amide bonds. The molecule has 0 atom stereocenters. The van der Waals surface area contributed by atoms with Gasteiger partial charge in [0, 0.05) is 28.9 Å². The number of carbonyl (C=O) groups excluding carboxylic acids is 2. The van der Waals surface area contributed by atoms with Crippen molar-refractivity contribution in [1.82, 2.24) is 4.90 Å². The smallest absolute Gasteiger partial charge is 0.331 e. The maximum absolute atomic E-state index is 12.1. The molecule has 0 unspecified atom stereocenters. The van der Waals surface area contributed by atoms with E-state index in [0.29, 0.717) is 0 Å². The largest absolute Gasteiger partial charge is 0.452 e. The Bertz CT molecular complexity index is 759. The number of amides is 1. The minimum absolute atomic E-state index is 0.101. The van der Waals surface area contributed by atoms with Crippen molar-refractivity contribution in [3.8, 4) is 10.4 Å². The summed E-state index contributed by atoms with van der Waals surface area (Å²) in [7, 11) is 0. The van der Waals surface area contributed by atoms with Gasteiger partial charge in [0.1, 0.15) is 0 Å². The highest BCUT2D eigenvalue weighted by atomic mass is 32.1. The third-order valence-corrected chi connectivity index (χ3v) is 5.47. The molecule has 1 aromatic carbocycles. The first-order valence-electron chi connectivity index (χ1n) is 9.00. The molecule has 5 heteroatoms. The van der Waals surface area contributed by atoms with E-state index in [-0.39, 0.29) is 12.5 Å². The van der Waals surface area contributed by atoms with E-state index in [1.54, 1.807) is 22.3 Å². The van der Waals surface area contributed by atoms with E-state index in [2.05, 4.69) is 12.1 Å². The summed E-state index contributed by atoms with van der Waals surface area (Å²) in [6.45, 7) is 1.36. The van der Waals surface area contributed by atoms with Crippen LogP contribution in [-0.2, 0) is 14.3 Å². The van der Waals surface area contributed by atoms with Gasteiger partial charge in [0.05, 0.1) is 0 Å². The van der Waals surface area contributed by atoms with Gasteiger partial charge in [0.2, 0.25) is 0 Å². The first-order chi connectivity index (χ1) is 12.7. The molecular weight excluding hydrogens is 346 g/mol. The average Bonchev–Trinajstić information content (AvgIpc) is 2.98. The van der Waals surface area contributed by atoms with Crippen LogP contribution in [0.15, 0.2) is 48.5 Å². The monoisotopic (exact) mass is 369 g/mol. The molecule has 0 spiro atoms.